The second-order valence-electron chi connectivity index (χ2n) is 6.06. The Hall–Kier alpha value is -1.46. The zero-order valence-corrected chi connectivity index (χ0v) is 12.9. The molecular formula is C16H20N4S. The van der Waals surface area contributed by atoms with Crippen LogP contribution in [0.4, 0.5) is 5.13 Å². The van der Waals surface area contributed by atoms with Gasteiger partial charge in [0.2, 0.25) is 5.13 Å². The molecule has 1 N–H and O–H groups in total. The highest BCUT2D eigenvalue weighted by Crippen LogP contribution is 2.33. The molecule has 0 spiro atoms. The van der Waals surface area contributed by atoms with E-state index < -0.39 is 0 Å². The lowest BCUT2D eigenvalue weighted by atomic mass is 9.90. The molecule has 2 saturated heterocycles. The van der Waals surface area contributed by atoms with Crippen molar-refractivity contribution in [3.05, 3.63) is 40.9 Å². The van der Waals surface area contributed by atoms with Crippen LogP contribution < -0.4 is 10.2 Å². The maximum Gasteiger partial charge on any atom is 0.208 e. The fraction of sp³-hybridized carbons (Fsp3) is 0.500. The molecule has 21 heavy (non-hydrogen) atoms. The van der Waals surface area contributed by atoms with Gasteiger partial charge in [0.25, 0.3) is 0 Å². The number of benzene rings is 1. The van der Waals surface area contributed by atoms with E-state index >= 15 is 0 Å². The second kappa shape index (κ2) is 5.73. The van der Waals surface area contributed by atoms with E-state index in [0.29, 0.717) is 0 Å². The van der Waals surface area contributed by atoms with Gasteiger partial charge in [0.15, 0.2) is 0 Å². The van der Waals surface area contributed by atoms with E-state index in [-0.39, 0.29) is 0 Å². The highest BCUT2D eigenvalue weighted by Gasteiger charge is 2.35. The van der Waals surface area contributed by atoms with Gasteiger partial charge in [-0.2, -0.15) is 0 Å². The van der Waals surface area contributed by atoms with E-state index in [1.807, 2.05) is 0 Å². The third-order valence-corrected chi connectivity index (χ3v) is 5.58. The van der Waals surface area contributed by atoms with Crippen molar-refractivity contribution >= 4 is 16.5 Å². The normalized spacial score (nSPS) is 25.0. The topological polar surface area (TPSA) is 41.1 Å². The SMILES string of the molecule is c1ccc(Cc2nnc(N3C[C@H]4CNCC[C@H]4C3)s2)cc1. The van der Waals surface area contributed by atoms with Crippen molar-refractivity contribution < 1.29 is 0 Å². The van der Waals surface area contributed by atoms with Gasteiger partial charge in [-0.3, -0.25) is 0 Å². The van der Waals surface area contributed by atoms with Gasteiger partial charge < -0.3 is 10.2 Å². The molecule has 110 valence electrons. The van der Waals surface area contributed by atoms with Crippen molar-refractivity contribution in [2.45, 2.75) is 12.8 Å². The van der Waals surface area contributed by atoms with Gasteiger partial charge in [0, 0.05) is 19.5 Å². The minimum atomic E-state index is 0.792. The van der Waals surface area contributed by atoms with Crippen LogP contribution in [0.1, 0.15) is 17.0 Å². The highest BCUT2D eigenvalue weighted by molar-refractivity contribution is 7.15. The van der Waals surface area contributed by atoms with Crippen LogP contribution in [0.5, 0.6) is 0 Å². The number of anilines is 1. The number of piperidine rings is 1. The number of hydrogen-bond acceptors (Lipinski definition) is 5. The zero-order valence-electron chi connectivity index (χ0n) is 12.0. The van der Waals surface area contributed by atoms with E-state index in [1.54, 1.807) is 11.3 Å². The van der Waals surface area contributed by atoms with Gasteiger partial charge in [-0.1, -0.05) is 41.7 Å². The average molecular weight is 300 g/mol. The maximum atomic E-state index is 4.43. The Bertz CT molecular complexity index is 583. The van der Waals surface area contributed by atoms with E-state index in [1.165, 1.54) is 18.5 Å². The molecule has 3 heterocycles. The van der Waals surface area contributed by atoms with Gasteiger partial charge in [-0.25, -0.2) is 0 Å². The third kappa shape index (κ3) is 2.80. The minimum Gasteiger partial charge on any atom is -0.346 e. The van der Waals surface area contributed by atoms with Crippen LogP contribution in [0.25, 0.3) is 0 Å². The first-order chi connectivity index (χ1) is 10.4. The predicted molar refractivity (Wildman–Crippen MR) is 85.8 cm³/mol. The lowest BCUT2D eigenvalue weighted by Crippen LogP contribution is -2.35. The molecule has 0 unspecified atom stereocenters. The molecule has 1 aromatic heterocycles. The summed E-state index contributed by atoms with van der Waals surface area (Å²) in [6.45, 7) is 4.63. The minimum absolute atomic E-state index is 0.792. The van der Waals surface area contributed by atoms with E-state index in [4.69, 9.17) is 0 Å². The van der Waals surface area contributed by atoms with Gasteiger partial charge in [-0.05, 0) is 36.9 Å². The highest BCUT2D eigenvalue weighted by atomic mass is 32.1. The molecule has 0 bridgehead atoms. The van der Waals surface area contributed by atoms with E-state index in [2.05, 4.69) is 50.7 Å². The molecule has 0 amide bonds. The number of fused-ring (bicyclic) bond motifs is 1. The van der Waals surface area contributed by atoms with Gasteiger partial charge in [0.05, 0.1) is 0 Å². The monoisotopic (exact) mass is 300 g/mol. The first-order valence-corrected chi connectivity index (χ1v) is 8.52. The number of rotatable bonds is 3. The van der Waals surface area contributed by atoms with Crippen LogP contribution in [0.3, 0.4) is 0 Å². The summed E-state index contributed by atoms with van der Waals surface area (Å²) < 4.78 is 0. The van der Waals surface area contributed by atoms with Crippen LogP contribution in [-0.2, 0) is 6.42 Å². The molecule has 2 atom stereocenters. The summed E-state index contributed by atoms with van der Waals surface area (Å²) in [7, 11) is 0. The molecule has 1 aromatic carbocycles. The van der Waals surface area contributed by atoms with Gasteiger partial charge in [0.1, 0.15) is 5.01 Å². The Kier molecular flexibility index (Phi) is 3.61. The van der Waals surface area contributed by atoms with Gasteiger partial charge in [-0.15, -0.1) is 10.2 Å². The molecule has 4 nitrogen and oxygen atoms in total. The Morgan fingerprint density at radius 3 is 2.86 bits per heavy atom. The number of hydrogen-bond donors (Lipinski definition) is 1. The summed E-state index contributed by atoms with van der Waals surface area (Å²) >= 11 is 1.75. The second-order valence-corrected chi connectivity index (χ2v) is 7.10. The lowest BCUT2D eigenvalue weighted by molar-refractivity contribution is 0.318. The fourth-order valence-electron chi connectivity index (χ4n) is 3.44. The maximum absolute atomic E-state index is 4.43. The molecular weight excluding hydrogens is 280 g/mol. The summed E-state index contributed by atoms with van der Waals surface area (Å²) in [5.74, 6) is 1.63. The number of nitrogens with zero attached hydrogens (tertiary/aromatic N) is 3. The Morgan fingerprint density at radius 1 is 1.14 bits per heavy atom. The van der Waals surface area contributed by atoms with E-state index in [0.717, 1.165) is 48.0 Å². The van der Waals surface area contributed by atoms with Crippen molar-refractivity contribution in [1.29, 1.82) is 0 Å². The van der Waals surface area contributed by atoms with Crippen molar-refractivity contribution in [1.82, 2.24) is 15.5 Å². The molecule has 2 fully saturated rings. The van der Waals surface area contributed by atoms with Crippen LogP contribution in [0, 0.1) is 11.8 Å². The standard InChI is InChI=1S/C16H20N4S/c1-2-4-12(5-3-1)8-15-18-19-16(21-15)20-10-13-6-7-17-9-14(13)11-20/h1-5,13-14,17H,6-11H2/t13-,14+/m0/s1. The third-order valence-electron chi connectivity index (χ3n) is 4.60. The number of aromatic nitrogens is 2. The largest absolute Gasteiger partial charge is 0.346 e. The van der Waals surface area contributed by atoms with Crippen molar-refractivity contribution in [2.24, 2.45) is 11.8 Å². The van der Waals surface area contributed by atoms with E-state index in [9.17, 15) is 0 Å². The molecule has 0 aliphatic carbocycles. The molecule has 0 radical (unpaired) electrons. The molecule has 2 aromatic rings. The molecule has 2 aliphatic rings. The average Bonchev–Trinajstić information content (AvgIpc) is 3.14. The quantitative estimate of drug-likeness (QED) is 0.943. The summed E-state index contributed by atoms with van der Waals surface area (Å²) in [5.41, 5.74) is 1.31. The van der Waals surface area contributed by atoms with Crippen LogP contribution in [-0.4, -0.2) is 36.4 Å². The molecule has 2 aliphatic heterocycles. The predicted octanol–water partition coefficient (Wildman–Crippen LogP) is 2.17. The summed E-state index contributed by atoms with van der Waals surface area (Å²) in [6, 6.07) is 10.5. The van der Waals surface area contributed by atoms with Crippen molar-refractivity contribution in [2.75, 3.05) is 31.1 Å². The van der Waals surface area contributed by atoms with Crippen molar-refractivity contribution in [3.63, 3.8) is 0 Å². The first kappa shape index (κ1) is 13.2. The van der Waals surface area contributed by atoms with Gasteiger partial charge >= 0.3 is 0 Å². The number of nitrogens with one attached hydrogen (secondary N) is 1. The van der Waals surface area contributed by atoms with Crippen LogP contribution in [0.15, 0.2) is 30.3 Å². The molecule has 5 heteroatoms. The van der Waals surface area contributed by atoms with Crippen LogP contribution in [0.2, 0.25) is 0 Å². The Labute approximate surface area is 129 Å². The van der Waals surface area contributed by atoms with Crippen molar-refractivity contribution in [3.8, 4) is 0 Å². The summed E-state index contributed by atoms with van der Waals surface area (Å²) in [5, 5.41) is 14.5. The molecule has 0 saturated carbocycles. The fourth-order valence-corrected chi connectivity index (χ4v) is 4.33. The summed E-state index contributed by atoms with van der Waals surface area (Å²) in [4.78, 5) is 2.44. The molecule has 4 rings (SSSR count). The van der Waals surface area contributed by atoms with Crippen LogP contribution >= 0.6 is 11.3 Å². The zero-order chi connectivity index (χ0) is 14.1. The lowest BCUT2D eigenvalue weighted by Gasteiger charge is -2.23. The Morgan fingerprint density at radius 2 is 2.00 bits per heavy atom. The first-order valence-electron chi connectivity index (χ1n) is 7.70. The smallest absolute Gasteiger partial charge is 0.208 e. The Balaban J connectivity index is 1.45. The summed E-state index contributed by atoms with van der Waals surface area (Å²) in [6.07, 6.45) is 2.19.